The first-order valence-corrected chi connectivity index (χ1v) is 8.60. The Morgan fingerprint density at radius 2 is 2.00 bits per heavy atom. The molecule has 0 N–H and O–H groups in total. The summed E-state index contributed by atoms with van der Waals surface area (Å²) in [7, 11) is 0. The van der Waals surface area contributed by atoms with Crippen molar-refractivity contribution < 1.29 is 9.13 Å². The second-order valence-corrected chi connectivity index (χ2v) is 6.99. The number of hydrogen-bond acceptors (Lipinski definition) is 2. The van der Waals surface area contributed by atoms with Gasteiger partial charge >= 0.3 is 0 Å². The predicted molar refractivity (Wildman–Crippen MR) is 90.4 cm³/mol. The van der Waals surface area contributed by atoms with Crippen molar-refractivity contribution in [3.8, 4) is 5.75 Å². The molecule has 0 amide bonds. The summed E-state index contributed by atoms with van der Waals surface area (Å²) in [5.41, 5.74) is 1.57. The molecule has 1 fully saturated rings. The third-order valence-electron chi connectivity index (χ3n) is 4.89. The van der Waals surface area contributed by atoms with Gasteiger partial charge in [0, 0.05) is 13.1 Å². The van der Waals surface area contributed by atoms with E-state index >= 15 is 0 Å². The summed E-state index contributed by atoms with van der Waals surface area (Å²) in [6.07, 6.45) is 4.22. The average Bonchev–Trinajstić information content (AvgIpc) is 2.54. The standard InChI is InChI=1S/C19H30FNO/c1-4-19(2,3)16-8-10-17(11-9-16)22-18-7-5-13-21(15-18)14-6-12-20/h8-11,18H,4-7,12-15H2,1-3H3. The summed E-state index contributed by atoms with van der Waals surface area (Å²) >= 11 is 0. The summed E-state index contributed by atoms with van der Waals surface area (Å²) in [4.78, 5) is 2.32. The summed E-state index contributed by atoms with van der Waals surface area (Å²) in [5, 5.41) is 0. The molecule has 124 valence electrons. The van der Waals surface area contributed by atoms with Gasteiger partial charge in [0.2, 0.25) is 0 Å². The molecule has 0 aliphatic carbocycles. The second-order valence-electron chi connectivity index (χ2n) is 6.99. The summed E-state index contributed by atoms with van der Waals surface area (Å²) in [6.45, 7) is 9.38. The van der Waals surface area contributed by atoms with Crippen LogP contribution in [0.1, 0.15) is 52.0 Å². The summed E-state index contributed by atoms with van der Waals surface area (Å²) in [5.74, 6) is 0.952. The van der Waals surface area contributed by atoms with Gasteiger partial charge in [-0.15, -0.1) is 0 Å². The molecular formula is C19H30FNO. The van der Waals surface area contributed by atoms with Gasteiger partial charge < -0.3 is 4.74 Å². The molecule has 1 aliphatic rings. The van der Waals surface area contributed by atoms with Crippen LogP contribution in [-0.2, 0) is 5.41 Å². The van der Waals surface area contributed by atoms with Gasteiger partial charge in [0.25, 0.3) is 0 Å². The first-order chi connectivity index (χ1) is 10.5. The number of ether oxygens (including phenoxy) is 1. The maximum absolute atomic E-state index is 12.3. The molecule has 1 aromatic carbocycles. The molecule has 3 heteroatoms. The molecule has 2 nitrogen and oxygen atoms in total. The zero-order valence-corrected chi connectivity index (χ0v) is 14.3. The quantitative estimate of drug-likeness (QED) is 0.731. The van der Waals surface area contributed by atoms with Crippen molar-refractivity contribution in [2.45, 2.75) is 58.0 Å². The van der Waals surface area contributed by atoms with Crippen LogP contribution in [0.2, 0.25) is 0 Å². The molecule has 22 heavy (non-hydrogen) atoms. The third kappa shape index (κ3) is 4.70. The molecule has 1 saturated heterocycles. The molecule has 0 aromatic heterocycles. The van der Waals surface area contributed by atoms with E-state index in [2.05, 4.69) is 49.9 Å². The van der Waals surface area contributed by atoms with Crippen LogP contribution < -0.4 is 4.74 Å². The Morgan fingerprint density at radius 3 is 2.64 bits per heavy atom. The fourth-order valence-corrected chi connectivity index (χ4v) is 2.98. The van der Waals surface area contributed by atoms with Gasteiger partial charge in [-0.25, -0.2) is 0 Å². The molecule has 0 saturated carbocycles. The Hall–Kier alpha value is -1.09. The van der Waals surface area contributed by atoms with Gasteiger partial charge in [0.05, 0.1) is 6.67 Å². The third-order valence-corrected chi connectivity index (χ3v) is 4.89. The lowest BCUT2D eigenvalue weighted by Gasteiger charge is -2.32. The summed E-state index contributed by atoms with van der Waals surface area (Å²) in [6, 6.07) is 8.55. The number of halogens is 1. The minimum atomic E-state index is -0.225. The van der Waals surface area contributed by atoms with Crippen molar-refractivity contribution in [1.29, 1.82) is 0 Å². The van der Waals surface area contributed by atoms with Gasteiger partial charge in [-0.1, -0.05) is 32.9 Å². The molecule has 0 spiro atoms. The minimum Gasteiger partial charge on any atom is -0.489 e. The number of rotatable bonds is 7. The van der Waals surface area contributed by atoms with E-state index in [1.165, 1.54) is 5.56 Å². The van der Waals surface area contributed by atoms with E-state index in [9.17, 15) is 4.39 Å². The van der Waals surface area contributed by atoms with Crippen LogP contribution in [0, 0.1) is 0 Å². The predicted octanol–water partition coefficient (Wildman–Crippen LogP) is 4.58. The highest BCUT2D eigenvalue weighted by Crippen LogP contribution is 2.28. The SMILES string of the molecule is CCC(C)(C)c1ccc(OC2CCCN(CCCF)C2)cc1. The average molecular weight is 307 g/mol. The van der Waals surface area contributed by atoms with Crippen molar-refractivity contribution in [2.24, 2.45) is 0 Å². The van der Waals surface area contributed by atoms with Crippen LogP contribution in [0.15, 0.2) is 24.3 Å². The second kappa shape index (κ2) is 7.96. The molecule has 0 bridgehead atoms. The lowest BCUT2D eigenvalue weighted by Crippen LogP contribution is -2.41. The van der Waals surface area contributed by atoms with Crippen LogP contribution in [0.5, 0.6) is 5.75 Å². The molecule has 1 unspecified atom stereocenters. The topological polar surface area (TPSA) is 12.5 Å². The number of likely N-dealkylation sites (tertiary alicyclic amines) is 1. The normalized spacial score (nSPS) is 20.1. The summed E-state index contributed by atoms with van der Waals surface area (Å²) < 4.78 is 18.4. The number of alkyl halides is 1. The van der Waals surface area contributed by atoms with E-state index in [-0.39, 0.29) is 18.2 Å². The van der Waals surface area contributed by atoms with E-state index in [0.29, 0.717) is 6.42 Å². The van der Waals surface area contributed by atoms with Gasteiger partial charge in [-0.3, -0.25) is 9.29 Å². The van der Waals surface area contributed by atoms with Crippen LogP contribution in [0.4, 0.5) is 4.39 Å². The molecule has 1 aliphatic heterocycles. The van der Waals surface area contributed by atoms with E-state index in [1.807, 2.05) is 0 Å². The molecule has 1 aromatic rings. The van der Waals surface area contributed by atoms with Crippen molar-refractivity contribution >= 4 is 0 Å². The number of nitrogens with zero attached hydrogens (tertiary/aromatic N) is 1. The lowest BCUT2D eigenvalue weighted by atomic mass is 9.82. The van der Waals surface area contributed by atoms with Crippen LogP contribution in [0.25, 0.3) is 0 Å². The maximum Gasteiger partial charge on any atom is 0.119 e. The number of hydrogen-bond donors (Lipinski definition) is 0. The van der Waals surface area contributed by atoms with Gasteiger partial charge in [-0.05, 0) is 55.3 Å². The van der Waals surface area contributed by atoms with E-state index < -0.39 is 0 Å². The molecular weight excluding hydrogens is 277 g/mol. The van der Waals surface area contributed by atoms with Crippen molar-refractivity contribution in [3.63, 3.8) is 0 Å². The molecule has 1 atom stereocenters. The fourth-order valence-electron chi connectivity index (χ4n) is 2.98. The largest absolute Gasteiger partial charge is 0.489 e. The van der Waals surface area contributed by atoms with Gasteiger partial charge in [-0.2, -0.15) is 0 Å². The first-order valence-electron chi connectivity index (χ1n) is 8.60. The van der Waals surface area contributed by atoms with E-state index in [1.54, 1.807) is 0 Å². The van der Waals surface area contributed by atoms with Crippen molar-refractivity contribution in [3.05, 3.63) is 29.8 Å². The molecule has 0 radical (unpaired) electrons. The fraction of sp³-hybridized carbons (Fsp3) is 0.684. The van der Waals surface area contributed by atoms with Crippen molar-refractivity contribution in [2.75, 3.05) is 26.3 Å². The Balaban J connectivity index is 1.90. The highest BCUT2D eigenvalue weighted by molar-refractivity contribution is 5.31. The number of piperidine rings is 1. The highest BCUT2D eigenvalue weighted by Gasteiger charge is 2.22. The van der Waals surface area contributed by atoms with Gasteiger partial charge in [0.15, 0.2) is 0 Å². The van der Waals surface area contributed by atoms with Crippen molar-refractivity contribution in [1.82, 2.24) is 4.90 Å². The monoisotopic (exact) mass is 307 g/mol. The Kier molecular flexibility index (Phi) is 6.25. The Morgan fingerprint density at radius 1 is 1.27 bits per heavy atom. The van der Waals surface area contributed by atoms with Crippen LogP contribution >= 0.6 is 0 Å². The van der Waals surface area contributed by atoms with Crippen LogP contribution in [-0.4, -0.2) is 37.3 Å². The van der Waals surface area contributed by atoms with Gasteiger partial charge in [0.1, 0.15) is 11.9 Å². The lowest BCUT2D eigenvalue weighted by molar-refractivity contribution is 0.0866. The van der Waals surface area contributed by atoms with Crippen LogP contribution in [0.3, 0.4) is 0 Å². The van der Waals surface area contributed by atoms with E-state index in [4.69, 9.17) is 4.74 Å². The van der Waals surface area contributed by atoms with E-state index in [0.717, 1.165) is 44.6 Å². The highest BCUT2D eigenvalue weighted by atomic mass is 19.1. The Bertz CT molecular complexity index is 443. The number of benzene rings is 1. The zero-order valence-electron chi connectivity index (χ0n) is 14.3. The first kappa shape index (κ1) is 17.3. The minimum absolute atomic E-state index is 0.215. The Labute approximate surface area is 134 Å². The smallest absolute Gasteiger partial charge is 0.119 e. The maximum atomic E-state index is 12.3. The molecule has 2 rings (SSSR count). The zero-order chi connectivity index (χ0) is 16.0. The molecule has 1 heterocycles.